The number of nitrogens with zero attached hydrogens (tertiary/aromatic N) is 3. The van der Waals surface area contributed by atoms with Crippen LogP contribution in [-0.4, -0.2) is 71.1 Å². The SMILES string of the molecule is [B]C([B])([B])N1C(=O)[C@@H](NC(=O)c2nn(Cc3ccccc3)cc2F)C2C(c3cc(S(C)(=O)=O)ccc31)[C@@H]2C. The molecule has 2 aliphatic rings. The summed E-state index contributed by atoms with van der Waals surface area (Å²) < 4.78 is 40.5. The highest BCUT2D eigenvalue weighted by Gasteiger charge is 2.59. The minimum atomic E-state index is -3.55. The Balaban J connectivity index is 1.48. The second-order valence-corrected chi connectivity index (χ2v) is 12.0. The van der Waals surface area contributed by atoms with Crippen LogP contribution in [0.5, 0.6) is 0 Å². The van der Waals surface area contributed by atoms with Gasteiger partial charge in [-0.15, -0.1) is 0 Å². The van der Waals surface area contributed by atoms with E-state index in [1.54, 1.807) is 0 Å². The average molecular weight is 526 g/mol. The number of benzene rings is 2. The number of carbonyl (C=O) groups excluding carboxylic acids is 2. The molecule has 1 aliphatic carbocycles. The zero-order chi connectivity index (χ0) is 27.6. The van der Waals surface area contributed by atoms with Crippen LogP contribution in [0.25, 0.3) is 0 Å². The highest BCUT2D eigenvalue weighted by Crippen LogP contribution is 2.60. The number of halogens is 1. The van der Waals surface area contributed by atoms with Crippen LogP contribution in [-0.2, 0) is 21.2 Å². The lowest BCUT2D eigenvalue weighted by Gasteiger charge is -2.40. The summed E-state index contributed by atoms with van der Waals surface area (Å²) in [6.45, 7) is 2.13. The number of amides is 2. The summed E-state index contributed by atoms with van der Waals surface area (Å²) in [5.74, 6) is -3.26. The fourth-order valence-corrected chi connectivity index (χ4v) is 5.98. The van der Waals surface area contributed by atoms with Gasteiger partial charge in [-0.05, 0) is 47.1 Å². The van der Waals surface area contributed by atoms with Crippen molar-refractivity contribution >= 4 is 50.9 Å². The molecule has 1 N–H and O–H groups in total. The predicted molar refractivity (Wildman–Crippen MR) is 141 cm³/mol. The van der Waals surface area contributed by atoms with Gasteiger partial charge < -0.3 is 10.2 Å². The van der Waals surface area contributed by atoms with Crippen LogP contribution in [0.1, 0.15) is 34.5 Å². The van der Waals surface area contributed by atoms with Crippen LogP contribution in [0.3, 0.4) is 0 Å². The van der Waals surface area contributed by atoms with E-state index >= 15 is 0 Å². The molecule has 1 fully saturated rings. The van der Waals surface area contributed by atoms with E-state index in [9.17, 15) is 22.4 Å². The number of sulfone groups is 1. The van der Waals surface area contributed by atoms with E-state index in [-0.39, 0.29) is 29.0 Å². The molecule has 188 valence electrons. The Morgan fingerprint density at radius 3 is 2.47 bits per heavy atom. The van der Waals surface area contributed by atoms with Crippen molar-refractivity contribution in [3.63, 3.8) is 0 Å². The molecule has 0 saturated heterocycles. The summed E-state index contributed by atoms with van der Waals surface area (Å²) in [5, 5.41) is 4.54. The molecule has 2 unspecified atom stereocenters. The third-order valence-electron chi connectivity index (χ3n) is 7.14. The minimum Gasteiger partial charge on any atom is -0.338 e. The number of hydrogen-bond donors (Lipinski definition) is 1. The fraction of sp³-hybridized carbons (Fsp3) is 0.320. The summed E-state index contributed by atoms with van der Waals surface area (Å²) >= 11 is 0. The van der Waals surface area contributed by atoms with Gasteiger partial charge in [-0.25, -0.2) is 12.8 Å². The molecule has 13 heteroatoms. The van der Waals surface area contributed by atoms with Crippen molar-refractivity contribution < 1.29 is 22.4 Å². The Morgan fingerprint density at radius 2 is 1.84 bits per heavy atom. The summed E-state index contributed by atoms with van der Waals surface area (Å²) in [5.41, 5.74) is 1.18. The second kappa shape index (κ2) is 9.15. The Kier molecular flexibility index (Phi) is 6.33. The van der Waals surface area contributed by atoms with E-state index in [0.717, 1.165) is 22.9 Å². The predicted octanol–water partition coefficient (Wildman–Crippen LogP) is 1.09. The van der Waals surface area contributed by atoms with Crippen molar-refractivity contribution in [2.24, 2.45) is 11.8 Å². The number of hydrogen-bond acceptors (Lipinski definition) is 5. The zero-order valence-electron chi connectivity index (χ0n) is 20.7. The first-order chi connectivity index (χ1) is 17.8. The molecule has 5 rings (SSSR count). The zero-order valence-corrected chi connectivity index (χ0v) is 21.5. The smallest absolute Gasteiger partial charge is 0.275 e. The molecule has 4 atom stereocenters. The Morgan fingerprint density at radius 1 is 1.16 bits per heavy atom. The third-order valence-corrected chi connectivity index (χ3v) is 8.25. The number of carbonyl (C=O) groups is 2. The van der Waals surface area contributed by atoms with Crippen molar-refractivity contribution in [2.45, 2.75) is 35.6 Å². The van der Waals surface area contributed by atoms with Crippen LogP contribution in [0, 0.1) is 17.7 Å². The minimum absolute atomic E-state index is 0.0617. The number of anilines is 1. The van der Waals surface area contributed by atoms with Gasteiger partial charge in [0, 0.05) is 11.9 Å². The fourth-order valence-electron chi connectivity index (χ4n) is 5.32. The molecule has 0 bridgehead atoms. The lowest BCUT2D eigenvalue weighted by atomic mass is 9.48. The normalized spacial score (nSPS) is 22.8. The molecular formula is C25H22B3FN4O4S. The van der Waals surface area contributed by atoms with Crippen LogP contribution in [0.4, 0.5) is 10.1 Å². The molecule has 2 amide bonds. The van der Waals surface area contributed by atoms with Crippen molar-refractivity contribution in [1.29, 1.82) is 0 Å². The van der Waals surface area contributed by atoms with Crippen molar-refractivity contribution in [2.75, 3.05) is 11.2 Å². The van der Waals surface area contributed by atoms with Gasteiger partial charge in [-0.3, -0.25) is 14.3 Å². The van der Waals surface area contributed by atoms with Gasteiger partial charge in [0.25, 0.3) is 5.91 Å². The molecule has 2 heterocycles. The van der Waals surface area contributed by atoms with E-state index in [2.05, 4.69) is 10.4 Å². The number of aromatic nitrogens is 2. The third kappa shape index (κ3) is 4.68. The number of nitrogens with one attached hydrogen (secondary N) is 1. The van der Waals surface area contributed by atoms with Crippen LogP contribution in [0.15, 0.2) is 59.6 Å². The molecule has 1 aromatic heterocycles. The largest absolute Gasteiger partial charge is 0.338 e. The first-order valence-corrected chi connectivity index (χ1v) is 13.8. The maximum atomic E-state index is 14.8. The highest BCUT2D eigenvalue weighted by atomic mass is 32.2. The Bertz CT molecular complexity index is 1540. The summed E-state index contributed by atoms with van der Waals surface area (Å²) in [7, 11) is 14.3. The molecule has 6 radical (unpaired) electrons. The first-order valence-electron chi connectivity index (χ1n) is 11.9. The van der Waals surface area contributed by atoms with Gasteiger partial charge in [0.1, 0.15) is 6.04 Å². The Labute approximate surface area is 224 Å². The summed E-state index contributed by atoms with van der Waals surface area (Å²) in [6.07, 6.45) is 2.19. The van der Waals surface area contributed by atoms with E-state index in [1.165, 1.54) is 22.9 Å². The van der Waals surface area contributed by atoms with Crippen LogP contribution in [0.2, 0.25) is 0 Å². The monoisotopic (exact) mass is 526 g/mol. The molecule has 3 aromatic rings. The molecule has 8 nitrogen and oxygen atoms in total. The quantitative estimate of drug-likeness (QED) is 0.485. The van der Waals surface area contributed by atoms with Crippen LogP contribution < -0.4 is 10.2 Å². The lowest BCUT2D eigenvalue weighted by molar-refractivity contribution is -0.121. The first kappa shape index (κ1) is 26.3. The average Bonchev–Trinajstić information content (AvgIpc) is 3.37. The molecule has 38 heavy (non-hydrogen) atoms. The van der Waals surface area contributed by atoms with Crippen molar-refractivity contribution in [1.82, 2.24) is 15.1 Å². The molecule has 1 saturated carbocycles. The molecule has 2 aromatic carbocycles. The number of rotatable bonds is 6. The highest BCUT2D eigenvalue weighted by molar-refractivity contribution is 7.90. The van der Waals surface area contributed by atoms with Crippen LogP contribution >= 0.6 is 0 Å². The molecule has 0 spiro atoms. The van der Waals surface area contributed by atoms with Gasteiger partial charge in [-0.1, -0.05) is 42.5 Å². The van der Waals surface area contributed by atoms with Gasteiger partial charge in [0.2, 0.25) is 5.91 Å². The van der Waals surface area contributed by atoms with Gasteiger partial charge >= 0.3 is 0 Å². The van der Waals surface area contributed by atoms with Gasteiger partial charge in [0.05, 0.1) is 41.2 Å². The molecular weight excluding hydrogens is 504 g/mol. The maximum absolute atomic E-state index is 14.8. The maximum Gasteiger partial charge on any atom is 0.275 e. The number of fused-ring (bicyclic) bond motifs is 3. The van der Waals surface area contributed by atoms with Crippen molar-refractivity contribution in [3.05, 3.63) is 77.4 Å². The van der Waals surface area contributed by atoms with E-state index in [1.807, 2.05) is 37.3 Å². The Hall–Kier alpha value is -3.34. The summed E-state index contributed by atoms with van der Waals surface area (Å²) in [4.78, 5) is 27.9. The second-order valence-electron chi connectivity index (χ2n) is 9.98. The van der Waals surface area contributed by atoms with E-state index < -0.39 is 50.4 Å². The van der Waals surface area contributed by atoms with Gasteiger partial charge in [-0.2, -0.15) is 5.10 Å². The van der Waals surface area contributed by atoms with E-state index in [0.29, 0.717) is 5.56 Å². The van der Waals surface area contributed by atoms with E-state index in [4.69, 9.17) is 23.5 Å². The van der Waals surface area contributed by atoms with Crippen molar-refractivity contribution in [3.8, 4) is 0 Å². The molecule has 1 aliphatic heterocycles. The lowest BCUT2D eigenvalue weighted by Crippen LogP contribution is -2.60. The topological polar surface area (TPSA) is 101 Å². The standard InChI is InChI=1S/C25H22B3FN4O4S/c1-13-19-16-10-15(38(2,36)37)8-9-18(16)33(25(26,27)28)24(35)22(20(13)19)30-23(34)21-17(29)12-32(31-21)11-14-6-4-3-5-7-14/h3-10,12-13,19-20,22H,11H2,1-2H3,(H,30,34)/t13-,19?,20?,22-/m0/s1. The summed E-state index contributed by atoms with van der Waals surface area (Å²) in [6, 6.07) is 12.3. The van der Waals surface area contributed by atoms with Gasteiger partial charge in [0.15, 0.2) is 21.3 Å².